The maximum Gasteiger partial charge on any atom is 0.308 e. The van der Waals surface area contributed by atoms with Gasteiger partial charge in [-0.25, -0.2) is 0 Å². The molecule has 0 spiro atoms. The van der Waals surface area contributed by atoms with Gasteiger partial charge in [-0.15, -0.1) is 0 Å². The number of rotatable bonds is 5. The Morgan fingerprint density at radius 3 is 2.16 bits per heavy atom. The van der Waals surface area contributed by atoms with E-state index in [2.05, 4.69) is 40.3 Å². The number of thioether (sulfide) groups is 1. The summed E-state index contributed by atoms with van der Waals surface area (Å²) < 4.78 is 3.97. The van der Waals surface area contributed by atoms with Gasteiger partial charge in [-0.05, 0) is 22.8 Å². The van der Waals surface area contributed by atoms with Crippen molar-refractivity contribution in [1.82, 2.24) is 14.5 Å². The second-order valence-electron chi connectivity index (χ2n) is 9.72. The molecule has 1 N–H and O–H groups in total. The first kappa shape index (κ1) is 23.3. The van der Waals surface area contributed by atoms with E-state index >= 15 is 0 Å². The van der Waals surface area contributed by atoms with Crippen molar-refractivity contribution >= 4 is 45.8 Å². The molecule has 1 saturated heterocycles. The van der Waals surface area contributed by atoms with Crippen LogP contribution >= 0.6 is 23.1 Å². The summed E-state index contributed by atoms with van der Waals surface area (Å²) in [6.45, 7) is 1.11. The summed E-state index contributed by atoms with van der Waals surface area (Å²) in [5, 5.41) is 3.82. The summed E-state index contributed by atoms with van der Waals surface area (Å²) in [5.74, 6) is -1.50. The zero-order valence-corrected chi connectivity index (χ0v) is 21.9. The molecule has 2 aromatic heterocycles. The van der Waals surface area contributed by atoms with Crippen molar-refractivity contribution in [1.29, 1.82) is 0 Å². The molecule has 6 nitrogen and oxygen atoms in total. The molecule has 2 aliphatic heterocycles. The van der Waals surface area contributed by atoms with Gasteiger partial charge in [-0.2, -0.15) is 0 Å². The molecular formula is C30H23N3O3S2. The molecule has 5 aromatic rings. The summed E-state index contributed by atoms with van der Waals surface area (Å²) in [5.41, 5.74) is 4.22. The first-order valence-electron chi connectivity index (χ1n) is 12.5. The van der Waals surface area contributed by atoms with E-state index in [0.717, 1.165) is 31.9 Å². The van der Waals surface area contributed by atoms with Crippen LogP contribution in [0.2, 0.25) is 0 Å². The van der Waals surface area contributed by atoms with Gasteiger partial charge in [0, 0.05) is 34.4 Å². The Hall–Kier alpha value is -3.88. The van der Waals surface area contributed by atoms with Crippen molar-refractivity contribution in [3.8, 4) is 0 Å². The highest BCUT2D eigenvalue weighted by Crippen LogP contribution is 2.53. The first-order valence-corrected chi connectivity index (χ1v) is 14.2. The van der Waals surface area contributed by atoms with Crippen molar-refractivity contribution < 1.29 is 9.59 Å². The molecule has 0 bridgehead atoms. The standard InChI is InChI=1S/C30H23N3O3S2/c34-27-24-23(21-17-32(15-18-9-3-1-4-10-18)22-14-8-7-13-20(21)22)26-29(37-25(24)28(35)31-27)33(30(36)38-26)16-19-11-5-2-6-12-19/h1-14,17,23-25H,15-16H2,(H,31,34,35). The van der Waals surface area contributed by atoms with Gasteiger partial charge < -0.3 is 4.57 Å². The Labute approximate surface area is 226 Å². The molecule has 2 amide bonds. The van der Waals surface area contributed by atoms with E-state index in [1.54, 1.807) is 4.57 Å². The topological polar surface area (TPSA) is 73.1 Å². The molecule has 1 fully saturated rings. The number of imide groups is 1. The number of para-hydroxylation sites is 1. The van der Waals surface area contributed by atoms with Crippen LogP contribution in [0, 0.1) is 5.92 Å². The van der Waals surface area contributed by atoms with Gasteiger partial charge in [-0.3, -0.25) is 24.3 Å². The molecule has 3 unspecified atom stereocenters. The third-order valence-corrected chi connectivity index (χ3v) is 10.0. The largest absolute Gasteiger partial charge is 0.343 e. The van der Waals surface area contributed by atoms with Gasteiger partial charge in [0.25, 0.3) is 0 Å². The van der Waals surface area contributed by atoms with Gasteiger partial charge in [-0.1, -0.05) is 102 Å². The van der Waals surface area contributed by atoms with Crippen molar-refractivity contribution in [3.63, 3.8) is 0 Å². The van der Waals surface area contributed by atoms with Gasteiger partial charge in [0.05, 0.1) is 17.5 Å². The Kier molecular flexibility index (Phi) is 5.60. The maximum atomic E-state index is 13.4. The minimum absolute atomic E-state index is 0.0720. The van der Waals surface area contributed by atoms with Gasteiger partial charge in [0.2, 0.25) is 11.8 Å². The number of hydrogen-bond acceptors (Lipinski definition) is 5. The Balaban J connectivity index is 1.41. The lowest BCUT2D eigenvalue weighted by molar-refractivity contribution is -0.125. The average molecular weight is 538 g/mol. The third kappa shape index (κ3) is 3.75. The third-order valence-electron chi connectivity index (χ3n) is 7.42. The number of aromatic nitrogens is 2. The van der Waals surface area contributed by atoms with E-state index in [1.807, 2.05) is 60.7 Å². The molecule has 0 saturated carbocycles. The van der Waals surface area contributed by atoms with Crippen LogP contribution < -0.4 is 10.2 Å². The van der Waals surface area contributed by atoms with Crippen LogP contribution in [-0.4, -0.2) is 26.2 Å². The molecule has 0 aliphatic carbocycles. The van der Waals surface area contributed by atoms with Crippen LogP contribution in [0.3, 0.4) is 0 Å². The number of fused-ring (bicyclic) bond motifs is 3. The lowest BCUT2D eigenvalue weighted by Crippen LogP contribution is -2.32. The van der Waals surface area contributed by atoms with E-state index in [-0.39, 0.29) is 22.6 Å². The van der Waals surface area contributed by atoms with Crippen LogP contribution in [0.1, 0.15) is 27.5 Å². The Morgan fingerprint density at radius 1 is 0.763 bits per heavy atom. The van der Waals surface area contributed by atoms with E-state index in [4.69, 9.17) is 0 Å². The van der Waals surface area contributed by atoms with Crippen molar-refractivity contribution in [2.45, 2.75) is 29.3 Å². The van der Waals surface area contributed by atoms with Gasteiger partial charge in [0.15, 0.2) is 0 Å². The number of hydrogen-bond donors (Lipinski definition) is 1. The van der Waals surface area contributed by atoms with Crippen LogP contribution in [0.25, 0.3) is 10.9 Å². The predicted molar refractivity (Wildman–Crippen MR) is 150 cm³/mol. The molecule has 3 atom stereocenters. The number of amides is 2. The highest BCUT2D eigenvalue weighted by atomic mass is 32.2. The number of carbonyl (C=O) groups excluding carboxylic acids is 2. The van der Waals surface area contributed by atoms with Crippen LogP contribution in [-0.2, 0) is 22.7 Å². The fourth-order valence-electron chi connectivity index (χ4n) is 5.71. The maximum absolute atomic E-state index is 13.4. The van der Waals surface area contributed by atoms with Gasteiger partial charge >= 0.3 is 4.87 Å². The normalized spacial score (nSPS) is 20.4. The summed E-state index contributed by atoms with van der Waals surface area (Å²) in [7, 11) is 0. The van der Waals surface area contributed by atoms with Crippen molar-refractivity contribution in [3.05, 3.63) is 122 Å². The molecule has 7 rings (SSSR count). The van der Waals surface area contributed by atoms with E-state index in [1.165, 1.54) is 28.7 Å². The van der Waals surface area contributed by atoms with Crippen molar-refractivity contribution in [2.24, 2.45) is 5.92 Å². The van der Waals surface area contributed by atoms with E-state index < -0.39 is 11.2 Å². The van der Waals surface area contributed by atoms with Crippen LogP contribution in [0.4, 0.5) is 0 Å². The Morgan fingerprint density at radius 2 is 1.42 bits per heavy atom. The zero-order chi connectivity index (χ0) is 25.8. The predicted octanol–water partition coefficient (Wildman–Crippen LogP) is 4.84. The fourth-order valence-corrected chi connectivity index (χ4v) is 8.44. The fraction of sp³-hybridized carbons (Fsp3) is 0.167. The second-order valence-corrected chi connectivity index (χ2v) is 11.8. The van der Waals surface area contributed by atoms with Crippen LogP contribution in [0.5, 0.6) is 0 Å². The molecule has 8 heteroatoms. The smallest absolute Gasteiger partial charge is 0.308 e. The first-order chi connectivity index (χ1) is 18.6. The lowest BCUT2D eigenvalue weighted by atomic mass is 9.83. The number of thiazole rings is 1. The summed E-state index contributed by atoms with van der Waals surface area (Å²) in [6, 6.07) is 28.3. The van der Waals surface area contributed by atoms with Crippen LogP contribution in [0.15, 0.2) is 101 Å². The quantitative estimate of drug-likeness (QED) is 0.326. The molecule has 188 valence electrons. The summed E-state index contributed by atoms with van der Waals surface area (Å²) in [4.78, 5) is 40.3. The van der Waals surface area contributed by atoms with E-state index in [9.17, 15) is 14.4 Å². The number of nitrogens with zero attached hydrogens (tertiary/aromatic N) is 2. The lowest BCUT2D eigenvalue weighted by Gasteiger charge is -2.30. The molecule has 0 radical (unpaired) electrons. The number of benzene rings is 3. The second kappa shape index (κ2) is 9.15. The molecule has 2 aliphatic rings. The van der Waals surface area contributed by atoms with Crippen molar-refractivity contribution in [2.75, 3.05) is 0 Å². The monoisotopic (exact) mass is 537 g/mol. The highest BCUT2D eigenvalue weighted by molar-refractivity contribution is 8.00. The zero-order valence-electron chi connectivity index (χ0n) is 20.2. The minimum atomic E-state index is -0.577. The highest BCUT2D eigenvalue weighted by Gasteiger charge is 2.53. The molecule has 3 aromatic carbocycles. The Bertz CT molecular complexity index is 1750. The number of carbonyl (C=O) groups is 2. The van der Waals surface area contributed by atoms with E-state index in [0.29, 0.717) is 13.1 Å². The number of nitrogens with one attached hydrogen (secondary N) is 1. The molecule has 38 heavy (non-hydrogen) atoms. The minimum Gasteiger partial charge on any atom is -0.343 e. The molecule has 4 heterocycles. The molecular weight excluding hydrogens is 514 g/mol. The summed E-state index contributed by atoms with van der Waals surface area (Å²) >= 11 is 2.55. The average Bonchev–Trinajstić information content (AvgIpc) is 3.55. The van der Waals surface area contributed by atoms with Gasteiger partial charge in [0.1, 0.15) is 5.25 Å². The SMILES string of the molecule is O=C1NC(=O)C2C1Sc1c(sc(=O)n1Cc1ccccc1)C2c1cn(Cc2ccccc2)c2ccccc12. The summed E-state index contributed by atoms with van der Waals surface area (Å²) in [6.07, 6.45) is 2.11.